The molecule has 0 spiro atoms. The van der Waals surface area contributed by atoms with E-state index in [2.05, 4.69) is 37.2 Å². The van der Waals surface area contributed by atoms with E-state index in [1.807, 2.05) is 0 Å². The van der Waals surface area contributed by atoms with Crippen LogP contribution in [-0.2, 0) is 20.8 Å². The molecule has 0 fully saturated rings. The number of carboxylic acids is 3. The molecular formula is C21H22Br2N2O8. The smallest absolute Gasteiger partial charge is 0.321 e. The Hall–Kier alpha value is -2.67. The SMILES string of the molecule is O=C(O)CN(CCN[C@@H](Cc1cc(Br)c(Oc2ccc(O)cc2)c(Br)c1)C(=O)O)CC(=O)O. The Morgan fingerprint density at radius 2 is 1.52 bits per heavy atom. The van der Waals surface area contributed by atoms with Crippen molar-refractivity contribution in [3.05, 3.63) is 50.9 Å². The predicted molar refractivity (Wildman–Crippen MR) is 125 cm³/mol. The number of hydrogen-bond acceptors (Lipinski definition) is 7. The zero-order valence-corrected chi connectivity index (χ0v) is 20.4. The van der Waals surface area contributed by atoms with Crippen molar-refractivity contribution in [3.8, 4) is 17.2 Å². The second-order valence-electron chi connectivity index (χ2n) is 7.03. The molecule has 0 bridgehead atoms. The summed E-state index contributed by atoms with van der Waals surface area (Å²) in [5.41, 5.74) is 0.680. The molecule has 0 aliphatic rings. The quantitative estimate of drug-likeness (QED) is 0.235. The molecule has 0 heterocycles. The van der Waals surface area contributed by atoms with Gasteiger partial charge in [-0.25, -0.2) is 0 Å². The summed E-state index contributed by atoms with van der Waals surface area (Å²) >= 11 is 6.85. The van der Waals surface area contributed by atoms with Crippen molar-refractivity contribution in [1.29, 1.82) is 0 Å². The fraction of sp³-hybridized carbons (Fsp3) is 0.286. The van der Waals surface area contributed by atoms with E-state index in [1.54, 1.807) is 24.3 Å². The Morgan fingerprint density at radius 1 is 0.970 bits per heavy atom. The first-order chi connectivity index (χ1) is 15.5. The monoisotopic (exact) mass is 588 g/mol. The van der Waals surface area contributed by atoms with Gasteiger partial charge in [0.2, 0.25) is 0 Å². The van der Waals surface area contributed by atoms with Gasteiger partial charge in [-0.3, -0.25) is 19.3 Å². The summed E-state index contributed by atoms with van der Waals surface area (Å²) in [6, 6.07) is 8.64. The number of aromatic hydroxyl groups is 1. The van der Waals surface area contributed by atoms with E-state index in [0.29, 0.717) is 26.0 Å². The number of hydrogen-bond donors (Lipinski definition) is 5. The van der Waals surface area contributed by atoms with Crippen LogP contribution in [0.1, 0.15) is 5.56 Å². The number of ether oxygens (including phenoxy) is 1. The largest absolute Gasteiger partial charge is 0.508 e. The maximum Gasteiger partial charge on any atom is 0.321 e. The Labute approximate surface area is 206 Å². The van der Waals surface area contributed by atoms with E-state index in [9.17, 15) is 24.6 Å². The summed E-state index contributed by atoms with van der Waals surface area (Å²) in [6.45, 7) is -0.792. The molecule has 2 aromatic carbocycles. The number of phenols is 1. The minimum absolute atomic E-state index is 0.0508. The van der Waals surface area contributed by atoms with Crippen LogP contribution in [0.25, 0.3) is 0 Å². The molecule has 0 aliphatic carbocycles. The number of aliphatic carboxylic acids is 3. The van der Waals surface area contributed by atoms with Crippen molar-refractivity contribution in [2.24, 2.45) is 0 Å². The number of carboxylic acid groups (broad SMARTS) is 3. The lowest BCUT2D eigenvalue weighted by molar-refractivity contribution is -0.143. The van der Waals surface area contributed by atoms with Crippen LogP contribution in [-0.4, -0.2) is 75.5 Å². The highest BCUT2D eigenvalue weighted by Crippen LogP contribution is 2.38. The van der Waals surface area contributed by atoms with Gasteiger partial charge in [-0.1, -0.05) is 0 Å². The Kier molecular flexibility index (Phi) is 10.1. The fourth-order valence-electron chi connectivity index (χ4n) is 2.94. The first-order valence-electron chi connectivity index (χ1n) is 9.62. The molecule has 2 rings (SSSR count). The predicted octanol–water partition coefficient (Wildman–Crippen LogP) is 2.77. The van der Waals surface area contributed by atoms with E-state index in [0.717, 1.165) is 0 Å². The molecule has 10 nitrogen and oxygen atoms in total. The van der Waals surface area contributed by atoms with Gasteiger partial charge in [-0.15, -0.1) is 0 Å². The van der Waals surface area contributed by atoms with Crippen molar-refractivity contribution < 1.29 is 39.5 Å². The van der Waals surface area contributed by atoms with Gasteiger partial charge in [0.15, 0.2) is 5.75 Å². The molecular weight excluding hydrogens is 568 g/mol. The highest BCUT2D eigenvalue weighted by atomic mass is 79.9. The van der Waals surface area contributed by atoms with Crippen LogP contribution in [0.5, 0.6) is 17.2 Å². The molecule has 5 N–H and O–H groups in total. The van der Waals surface area contributed by atoms with Gasteiger partial charge < -0.3 is 30.5 Å². The van der Waals surface area contributed by atoms with E-state index < -0.39 is 37.0 Å². The average molecular weight is 590 g/mol. The number of halogens is 2. The molecule has 0 aliphatic heterocycles. The summed E-state index contributed by atoms with van der Waals surface area (Å²) in [7, 11) is 0. The zero-order chi connectivity index (χ0) is 24.5. The third kappa shape index (κ3) is 9.00. The summed E-state index contributed by atoms with van der Waals surface area (Å²) in [5, 5.41) is 39.6. The lowest BCUT2D eigenvalue weighted by atomic mass is 10.1. The van der Waals surface area contributed by atoms with Crippen LogP contribution in [0.2, 0.25) is 0 Å². The Morgan fingerprint density at radius 3 is 2.00 bits per heavy atom. The van der Waals surface area contributed by atoms with E-state index >= 15 is 0 Å². The van der Waals surface area contributed by atoms with Crippen molar-refractivity contribution >= 4 is 49.8 Å². The maximum absolute atomic E-state index is 11.7. The molecule has 178 valence electrons. The first-order valence-corrected chi connectivity index (χ1v) is 11.2. The van der Waals surface area contributed by atoms with Crippen LogP contribution in [0.15, 0.2) is 45.3 Å². The second kappa shape index (κ2) is 12.5. The van der Waals surface area contributed by atoms with Gasteiger partial charge in [0.1, 0.15) is 17.5 Å². The zero-order valence-electron chi connectivity index (χ0n) is 17.2. The summed E-state index contributed by atoms with van der Waals surface area (Å²) in [4.78, 5) is 34.7. The van der Waals surface area contributed by atoms with Crippen LogP contribution in [0, 0.1) is 0 Å². The molecule has 0 saturated heterocycles. The number of rotatable bonds is 13. The summed E-state index contributed by atoms with van der Waals surface area (Å²) in [6.07, 6.45) is 0.115. The average Bonchev–Trinajstić information content (AvgIpc) is 2.70. The highest BCUT2D eigenvalue weighted by Gasteiger charge is 2.20. The minimum Gasteiger partial charge on any atom is -0.508 e. The van der Waals surface area contributed by atoms with Crippen molar-refractivity contribution in [1.82, 2.24) is 10.2 Å². The lowest BCUT2D eigenvalue weighted by Crippen LogP contribution is -2.44. The van der Waals surface area contributed by atoms with Gasteiger partial charge in [0.05, 0.1) is 22.0 Å². The number of phenolic OH excluding ortho intramolecular Hbond substituents is 1. The van der Waals surface area contributed by atoms with Crippen molar-refractivity contribution in [3.63, 3.8) is 0 Å². The molecule has 0 aromatic heterocycles. The summed E-state index contributed by atoms with van der Waals surface area (Å²) < 4.78 is 6.98. The number of carbonyl (C=O) groups is 3. The number of nitrogens with zero attached hydrogens (tertiary/aromatic N) is 1. The third-order valence-electron chi connectivity index (χ3n) is 4.39. The third-order valence-corrected chi connectivity index (χ3v) is 5.57. The topological polar surface area (TPSA) is 157 Å². The molecule has 33 heavy (non-hydrogen) atoms. The van der Waals surface area contributed by atoms with Crippen molar-refractivity contribution in [2.75, 3.05) is 26.2 Å². The van der Waals surface area contributed by atoms with E-state index in [1.165, 1.54) is 17.0 Å². The van der Waals surface area contributed by atoms with Gasteiger partial charge in [-0.05, 0) is 80.2 Å². The number of nitrogens with one attached hydrogen (secondary N) is 1. The highest BCUT2D eigenvalue weighted by molar-refractivity contribution is 9.11. The Balaban J connectivity index is 2.04. The normalized spacial score (nSPS) is 11.8. The van der Waals surface area contributed by atoms with E-state index in [4.69, 9.17) is 14.9 Å². The molecule has 2 aromatic rings. The van der Waals surface area contributed by atoms with Gasteiger partial charge >= 0.3 is 17.9 Å². The first kappa shape index (κ1) is 26.6. The number of benzene rings is 2. The van der Waals surface area contributed by atoms with Gasteiger partial charge in [0, 0.05) is 13.1 Å². The molecule has 0 radical (unpaired) electrons. The van der Waals surface area contributed by atoms with Crippen LogP contribution < -0.4 is 10.1 Å². The maximum atomic E-state index is 11.7. The van der Waals surface area contributed by atoms with Crippen LogP contribution in [0.4, 0.5) is 0 Å². The molecule has 12 heteroatoms. The molecule has 0 unspecified atom stereocenters. The van der Waals surface area contributed by atoms with E-state index in [-0.39, 0.29) is 25.3 Å². The van der Waals surface area contributed by atoms with Crippen molar-refractivity contribution in [2.45, 2.75) is 12.5 Å². The van der Waals surface area contributed by atoms with Crippen LogP contribution >= 0.6 is 31.9 Å². The summed E-state index contributed by atoms with van der Waals surface area (Å²) in [5.74, 6) is -2.36. The molecule has 0 amide bonds. The fourth-order valence-corrected chi connectivity index (χ4v) is 4.38. The Bertz CT molecular complexity index is 961. The molecule has 1 atom stereocenters. The molecule has 0 saturated carbocycles. The van der Waals surface area contributed by atoms with Gasteiger partial charge in [0.25, 0.3) is 0 Å². The van der Waals surface area contributed by atoms with Crippen LogP contribution in [0.3, 0.4) is 0 Å². The minimum atomic E-state index is -1.17. The van der Waals surface area contributed by atoms with Gasteiger partial charge in [-0.2, -0.15) is 0 Å². The standard InChI is InChI=1S/C21H22Br2N2O8/c22-15-7-12(8-16(23)20(15)33-14-3-1-13(26)2-4-14)9-17(21(31)32)24-5-6-25(10-18(27)28)11-19(29)30/h1-4,7-8,17,24,26H,5-6,9-11H2,(H,27,28)(H,29,30)(H,31,32)/t17-/m0/s1. The second-order valence-corrected chi connectivity index (χ2v) is 8.74. The lowest BCUT2D eigenvalue weighted by Gasteiger charge is -2.21.